The van der Waals surface area contributed by atoms with Crippen LogP contribution in [0.25, 0.3) is 0 Å². The highest BCUT2D eigenvalue weighted by atomic mass is 79.9. The average molecular weight is 272 g/mol. The van der Waals surface area contributed by atoms with Gasteiger partial charge in [-0.1, -0.05) is 28.1 Å². The number of halogens is 1. The molecule has 0 radical (unpaired) electrons. The van der Waals surface area contributed by atoms with E-state index in [2.05, 4.69) is 40.3 Å². The van der Waals surface area contributed by atoms with Gasteiger partial charge in [-0.25, -0.2) is 0 Å². The van der Waals surface area contributed by atoms with Crippen LogP contribution in [0.2, 0.25) is 0 Å². The third-order valence-electron chi connectivity index (χ3n) is 2.36. The number of hydrogen-bond acceptors (Lipinski definition) is 2. The zero-order valence-electron chi connectivity index (χ0n) is 9.20. The number of benzene rings is 1. The number of aliphatic hydroxyl groups excluding tert-OH is 1. The summed E-state index contributed by atoms with van der Waals surface area (Å²) in [6, 6.07) is 8.59. The van der Waals surface area contributed by atoms with Crippen LogP contribution in [0.1, 0.15) is 31.9 Å². The number of nitrogens with one attached hydrogen (secondary N) is 1. The van der Waals surface area contributed by atoms with E-state index in [1.807, 2.05) is 19.1 Å². The van der Waals surface area contributed by atoms with Gasteiger partial charge in [0.15, 0.2) is 0 Å². The highest BCUT2D eigenvalue weighted by molar-refractivity contribution is 9.10. The summed E-state index contributed by atoms with van der Waals surface area (Å²) in [4.78, 5) is 0. The molecule has 0 aliphatic heterocycles. The Morgan fingerprint density at radius 2 is 2.13 bits per heavy atom. The van der Waals surface area contributed by atoms with Crippen LogP contribution in [-0.4, -0.2) is 17.8 Å². The van der Waals surface area contributed by atoms with Crippen molar-refractivity contribution in [1.29, 1.82) is 0 Å². The Bertz CT molecular complexity index is 301. The van der Waals surface area contributed by atoms with E-state index in [4.69, 9.17) is 5.11 Å². The van der Waals surface area contributed by atoms with Gasteiger partial charge in [0.05, 0.1) is 6.10 Å². The maximum Gasteiger partial charge on any atom is 0.0524 e. The molecular formula is C12H18BrNO. The first kappa shape index (κ1) is 12.7. The normalized spacial score (nSPS) is 14.9. The molecule has 3 heteroatoms. The summed E-state index contributed by atoms with van der Waals surface area (Å²) in [5.74, 6) is 0. The summed E-state index contributed by atoms with van der Waals surface area (Å²) in [6.45, 7) is 4.78. The maximum absolute atomic E-state index is 9.13. The fourth-order valence-corrected chi connectivity index (χ4v) is 1.82. The molecule has 0 amide bonds. The van der Waals surface area contributed by atoms with Crippen molar-refractivity contribution >= 4 is 15.9 Å². The molecule has 0 saturated heterocycles. The molecule has 1 unspecified atom stereocenters. The Balaban J connectivity index is 2.43. The van der Waals surface area contributed by atoms with Crippen molar-refractivity contribution in [2.24, 2.45) is 0 Å². The number of aliphatic hydroxyl groups is 1. The van der Waals surface area contributed by atoms with Crippen LogP contribution in [0, 0.1) is 0 Å². The van der Waals surface area contributed by atoms with E-state index in [1.165, 1.54) is 5.56 Å². The Hall–Kier alpha value is -0.380. The maximum atomic E-state index is 9.13. The lowest BCUT2D eigenvalue weighted by Crippen LogP contribution is -2.22. The fourth-order valence-electron chi connectivity index (χ4n) is 1.40. The van der Waals surface area contributed by atoms with Crippen molar-refractivity contribution in [1.82, 2.24) is 5.32 Å². The van der Waals surface area contributed by atoms with Gasteiger partial charge in [0, 0.05) is 10.5 Å². The zero-order chi connectivity index (χ0) is 11.3. The summed E-state index contributed by atoms with van der Waals surface area (Å²) in [5.41, 5.74) is 1.26. The van der Waals surface area contributed by atoms with Crippen LogP contribution < -0.4 is 5.32 Å². The molecule has 0 spiro atoms. The van der Waals surface area contributed by atoms with Crippen molar-refractivity contribution in [3.8, 4) is 0 Å². The monoisotopic (exact) mass is 271 g/mol. The highest BCUT2D eigenvalue weighted by Gasteiger charge is 2.05. The quantitative estimate of drug-likeness (QED) is 0.863. The summed E-state index contributed by atoms with van der Waals surface area (Å²) < 4.78 is 1.10. The smallest absolute Gasteiger partial charge is 0.0524 e. The molecule has 1 rings (SSSR count). The SMILES string of the molecule is CC(O)CCN[C@H](C)c1cccc(Br)c1. The predicted molar refractivity (Wildman–Crippen MR) is 66.9 cm³/mol. The van der Waals surface area contributed by atoms with Crippen molar-refractivity contribution in [2.75, 3.05) is 6.54 Å². The van der Waals surface area contributed by atoms with Crippen LogP contribution in [0.4, 0.5) is 0 Å². The van der Waals surface area contributed by atoms with Gasteiger partial charge < -0.3 is 10.4 Å². The first-order valence-corrected chi connectivity index (χ1v) is 6.06. The third kappa shape index (κ3) is 4.78. The van der Waals surface area contributed by atoms with Gasteiger partial charge >= 0.3 is 0 Å². The zero-order valence-corrected chi connectivity index (χ0v) is 10.8. The first-order chi connectivity index (χ1) is 7.09. The summed E-state index contributed by atoms with van der Waals surface area (Å²) >= 11 is 3.45. The van der Waals surface area contributed by atoms with Crippen molar-refractivity contribution in [3.63, 3.8) is 0 Å². The standard InChI is InChI=1S/C12H18BrNO/c1-9(15)6-7-14-10(2)11-4-3-5-12(13)8-11/h3-5,8-10,14-15H,6-7H2,1-2H3/t9?,10-/m1/s1. The second-order valence-electron chi connectivity index (χ2n) is 3.87. The van der Waals surface area contributed by atoms with Gasteiger partial charge in [0.1, 0.15) is 0 Å². The minimum atomic E-state index is -0.229. The minimum absolute atomic E-state index is 0.229. The van der Waals surface area contributed by atoms with Crippen LogP contribution in [0.15, 0.2) is 28.7 Å². The van der Waals surface area contributed by atoms with E-state index in [0.717, 1.165) is 17.4 Å². The van der Waals surface area contributed by atoms with Crippen LogP contribution in [0.3, 0.4) is 0 Å². The molecule has 15 heavy (non-hydrogen) atoms. The molecule has 84 valence electrons. The van der Waals surface area contributed by atoms with Crippen molar-refractivity contribution in [2.45, 2.75) is 32.4 Å². The summed E-state index contributed by atoms with van der Waals surface area (Å²) in [6.07, 6.45) is 0.561. The second-order valence-corrected chi connectivity index (χ2v) is 4.78. The molecular weight excluding hydrogens is 254 g/mol. The van der Waals surface area contributed by atoms with Crippen LogP contribution in [-0.2, 0) is 0 Å². The fraction of sp³-hybridized carbons (Fsp3) is 0.500. The topological polar surface area (TPSA) is 32.3 Å². The molecule has 0 aromatic heterocycles. The van der Waals surface area contributed by atoms with E-state index in [9.17, 15) is 0 Å². The Morgan fingerprint density at radius 3 is 2.73 bits per heavy atom. The van der Waals surface area contributed by atoms with E-state index in [-0.39, 0.29) is 6.10 Å². The Kier molecular flexibility index (Phi) is 5.29. The van der Waals surface area contributed by atoms with Gasteiger partial charge in [-0.2, -0.15) is 0 Å². The molecule has 0 heterocycles. The van der Waals surface area contributed by atoms with Gasteiger partial charge in [-0.15, -0.1) is 0 Å². The molecule has 2 N–H and O–H groups in total. The lowest BCUT2D eigenvalue weighted by molar-refractivity contribution is 0.182. The molecule has 1 aromatic rings. The molecule has 0 saturated carbocycles. The second kappa shape index (κ2) is 6.26. The highest BCUT2D eigenvalue weighted by Crippen LogP contribution is 2.17. The molecule has 0 aliphatic rings. The molecule has 1 aromatic carbocycles. The third-order valence-corrected chi connectivity index (χ3v) is 2.85. The number of rotatable bonds is 5. The molecule has 2 nitrogen and oxygen atoms in total. The first-order valence-electron chi connectivity index (χ1n) is 5.26. The van der Waals surface area contributed by atoms with Crippen LogP contribution in [0.5, 0.6) is 0 Å². The van der Waals surface area contributed by atoms with Gasteiger partial charge in [0.25, 0.3) is 0 Å². The van der Waals surface area contributed by atoms with E-state index >= 15 is 0 Å². The van der Waals surface area contributed by atoms with Crippen molar-refractivity contribution in [3.05, 3.63) is 34.3 Å². The molecule has 2 atom stereocenters. The Labute approximate surface area is 99.8 Å². The van der Waals surface area contributed by atoms with Gasteiger partial charge in [0.2, 0.25) is 0 Å². The van der Waals surface area contributed by atoms with Gasteiger partial charge in [-0.05, 0) is 44.5 Å². The lowest BCUT2D eigenvalue weighted by Gasteiger charge is -2.15. The number of hydrogen-bond donors (Lipinski definition) is 2. The van der Waals surface area contributed by atoms with E-state index in [1.54, 1.807) is 0 Å². The molecule has 0 fully saturated rings. The van der Waals surface area contributed by atoms with E-state index in [0.29, 0.717) is 6.04 Å². The minimum Gasteiger partial charge on any atom is -0.393 e. The van der Waals surface area contributed by atoms with Crippen LogP contribution >= 0.6 is 15.9 Å². The summed E-state index contributed by atoms with van der Waals surface area (Å²) in [5, 5.41) is 12.5. The molecule has 0 aliphatic carbocycles. The largest absolute Gasteiger partial charge is 0.393 e. The average Bonchev–Trinajstić information content (AvgIpc) is 2.17. The molecule has 0 bridgehead atoms. The van der Waals surface area contributed by atoms with Crippen molar-refractivity contribution < 1.29 is 5.11 Å². The van der Waals surface area contributed by atoms with E-state index < -0.39 is 0 Å². The predicted octanol–water partition coefficient (Wildman–Crippen LogP) is 2.87. The van der Waals surface area contributed by atoms with Gasteiger partial charge in [-0.3, -0.25) is 0 Å². The lowest BCUT2D eigenvalue weighted by atomic mass is 10.1. The summed E-state index contributed by atoms with van der Waals surface area (Å²) in [7, 11) is 0. The Morgan fingerprint density at radius 1 is 1.40 bits per heavy atom.